The highest BCUT2D eigenvalue weighted by molar-refractivity contribution is 6.31. The minimum Gasteiger partial charge on any atom is -0.397 e. The van der Waals surface area contributed by atoms with Crippen LogP contribution in [-0.2, 0) is 9.53 Å². The van der Waals surface area contributed by atoms with Gasteiger partial charge in [0.1, 0.15) is 6.61 Å². The highest BCUT2D eigenvalue weighted by atomic mass is 35.5. The molecule has 1 atom stereocenters. The monoisotopic (exact) mass is 296 g/mol. The first-order chi connectivity index (χ1) is 8.70. The van der Waals surface area contributed by atoms with Crippen LogP contribution in [-0.4, -0.2) is 24.8 Å². The Morgan fingerprint density at radius 3 is 2.68 bits per heavy atom. The highest BCUT2D eigenvalue weighted by Crippen LogP contribution is 2.24. The second kappa shape index (κ2) is 6.12. The number of alkyl halides is 3. The number of ether oxygens (including phenoxy) is 1. The fourth-order valence-corrected chi connectivity index (χ4v) is 1.31. The first-order valence-electron chi connectivity index (χ1n) is 5.23. The molecule has 0 spiro atoms. The lowest BCUT2D eigenvalue weighted by molar-refractivity contribution is -0.213. The van der Waals surface area contributed by atoms with E-state index < -0.39 is 24.8 Å². The average Bonchev–Trinajstić information content (AvgIpc) is 2.28. The van der Waals surface area contributed by atoms with Crippen LogP contribution in [0.15, 0.2) is 18.2 Å². The molecular formula is C11H12ClF3N2O2. The van der Waals surface area contributed by atoms with Crippen LogP contribution < -0.4 is 11.1 Å². The van der Waals surface area contributed by atoms with E-state index in [2.05, 4.69) is 10.1 Å². The Kier molecular flexibility index (Phi) is 5.02. The van der Waals surface area contributed by atoms with E-state index in [1.807, 2.05) is 0 Å². The van der Waals surface area contributed by atoms with Gasteiger partial charge in [0.05, 0.1) is 11.4 Å². The van der Waals surface area contributed by atoms with E-state index in [1.165, 1.54) is 18.2 Å². The van der Waals surface area contributed by atoms with Gasteiger partial charge in [-0.15, -0.1) is 0 Å². The second-order valence-electron chi connectivity index (χ2n) is 3.77. The molecule has 8 heteroatoms. The molecule has 106 valence electrons. The fraction of sp³-hybridized carbons (Fsp3) is 0.364. The summed E-state index contributed by atoms with van der Waals surface area (Å²) in [6, 6.07) is 4.35. The van der Waals surface area contributed by atoms with Crippen LogP contribution >= 0.6 is 11.6 Å². The third-order valence-corrected chi connectivity index (χ3v) is 2.45. The number of halogens is 4. The molecule has 0 bridgehead atoms. The lowest BCUT2D eigenvalue weighted by Gasteiger charge is -2.16. The molecular weight excluding hydrogens is 285 g/mol. The first-order valence-corrected chi connectivity index (χ1v) is 5.61. The second-order valence-corrected chi connectivity index (χ2v) is 4.21. The van der Waals surface area contributed by atoms with Crippen LogP contribution in [0, 0.1) is 0 Å². The average molecular weight is 297 g/mol. The Morgan fingerprint density at radius 1 is 1.53 bits per heavy atom. The molecule has 0 radical (unpaired) electrons. The van der Waals surface area contributed by atoms with Gasteiger partial charge in [-0.3, -0.25) is 4.79 Å². The van der Waals surface area contributed by atoms with Crippen molar-refractivity contribution in [2.45, 2.75) is 19.2 Å². The number of benzene rings is 1. The lowest BCUT2D eigenvalue weighted by atomic mass is 10.2. The van der Waals surface area contributed by atoms with Gasteiger partial charge in [0.25, 0.3) is 0 Å². The molecule has 3 N–H and O–H groups in total. The number of carbonyl (C=O) groups excluding carboxylic acids is 1. The number of amides is 1. The van der Waals surface area contributed by atoms with Gasteiger partial charge in [-0.2, -0.15) is 13.2 Å². The number of hydrogen-bond donors (Lipinski definition) is 2. The van der Waals surface area contributed by atoms with Crippen LogP contribution in [0.25, 0.3) is 0 Å². The molecule has 0 heterocycles. The topological polar surface area (TPSA) is 64.3 Å². The Balaban J connectivity index is 2.52. The van der Waals surface area contributed by atoms with Gasteiger partial charge < -0.3 is 15.8 Å². The van der Waals surface area contributed by atoms with Gasteiger partial charge in [0.15, 0.2) is 6.10 Å². The molecule has 4 nitrogen and oxygen atoms in total. The smallest absolute Gasteiger partial charge is 0.397 e. The van der Waals surface area contributed by atoms with Gasteiger partial charge in [-0.05, 0) is 25.1 Å². The SMILES string of the molecule is CC(OCC(=O)Nc1ccc(Cl)cc1N)C(F)(F)F. The number of nitrogens with one attached hydrogen (secondary N) is 1. The van der Waals surface area contributed by atoms with Crippen molar-refractivity contribution in [3.63, 3.8) is 0 Å². The quantitative estimate of drug-likeness (QED) is 0.840. The summed E-state index contributed by atoms with van der Waals surface area (Å²) in [6.07, 6.45) is -6.51. The molecule has 0 aliphatic carbocycles. The van der Waals surface area contributed by atoms with Crippen molar-refractivity contribution >= 4 is 28.9 Å². The van der Waals surface area contributed by atoms with Gasteiger partial charge in [-0.1, -0.05) is 11.6 Å². The van der Waals surface area contributed by atoms with Crippen molar-refractivity contribution in [1.82, 2.24) is 0 Å². The summed E-state index contributed by atoms with van der Waals surface area (Å²) in [5, 5.41) is 2.72. The van der Waals surface area contributed by atoms with E-state index >= 15 is 0 Å². The van der Waals surface area contributed by atoms with Crippen molar-refractivity contribution < 1.29 is 22.7 Å². The molecule has 1 aromatic carbocycles. The fourth-order valence-electron chi connectivity index (χ4n) is 1.13. The number of anilines is 2. The maximum Gasteiger partial charge on any atom is 0.414 e. The lowest BCUT2D eigenvalue weighted by Crippen LogP contribution is -2.32. The van der Waals surface area contributed by atoms with Crippen molar-refractivity contribution in [3.05, 3.63) is 23.2 Å². The molecule has 1 unspecified atom stereocenters. The van der Waals surface area contributed by atoms with Crippen molar-refractivity contribution in [2.24, 2.45) is 0 Å². The molecule has 0 aliphatic rings. The molecule has 0 fully saturated rings. The normalized spacial score (nSPS) is 13.1. The first kappa shape index (κ1) is 15.6. The third kappa shape index (κ3) is 4.96. The van der Waals surface area contributed by atoms with Crippen molar-refractivity contribution in [3.8, 4) is 0 Å². The zero-order valence-electron chi connectivity index (χ0n) is 9.92. The molecule has 0 aromatic heterocycles. The van der Waals surface area contributed by atoms with Gasteiger partial charge in [0.2, 0.25) is 5.91 Å². The number of hydrogen-bond acceptors (Lipinski definition) is 3. The van der Waals surface area contributed by atoms with Crippen LogP contribution in [0.4, 0.5) is 24.5 Å². The summed E-state index contributed by atoms with van der Waals surface area (Å²) < 4.78 is 40.8. The molecule has 0 saturated carbocycles. The minimum atomic E-state index is -4.50. The largest absolute Gasteiger partial charge is 0.414 e. The summed E-state index contributed by atoms with van der Waals surface area (Å²) in [7, 11) is 0. The van der Waals surface area contributed by atoms with Crippen molar-refractivity contribution in [1.29, 1.82) is 0 Å². The zero-order valence-corrected chi connectivity index (χ0v) is 10.7. The summed E-state index contributed by atoms with van der Waals surface area (Å²) in [4.78, 5) is 11.4. The predicted octanol–water partition coefficient (Wildman–Crippen LogP) is 2.83. The van der Waals surface area contributed by atoms with E-state index in [0.717, 1.165) is 6.92 Å². The van der Waals surface area contributed by atoms with E-state index in [0.29, 0.717) is 5.02 Å². The summed E-state index contributed by atoms with van der Waals surface area (Å²) in [5.41, 5.74) is 6.05. The highest BCUT2D eigenvalue weighted by Gasteiger charge is 2.37. The number of nitrogen functional groups attached to an aromatic ring is 1. The number of carbonyl (C=O) groups is 1. The van der Waals surface area contributed by atoms with Crippen LogP contribution in [0.2, 0.25) is 5.02 Å². The number of nitrogens with two attached hydrogens (primary N) is 1. The Hall–Kier alpha value is -1.47. The van der Waals surface area contributed by atoms with Crippen molar-refractivity contribution in [2.75, 3.05) is 17.7 Å². The molecule has 1 aromatic rings. The molecule has 0 saturated heterocycles. The molecule has 1 amide bonds. The van der Waals surface area contributed by atoms with Crippen LogP contribution in [0.5, 0.6) is 0 Å². The molecule has 1 rings (SSSR count). The molecule has 19 heavy (non-hydrogen) atoms. The summed E-state index contributed by atoms with van der Waals surface area (Å²) in [5.74, 6) is -0.731. The van der Waals surface area contributed by atoms with Gasteiger partial charge in [-0.25, -0.2) is 0 Å². The van der Waals surface area contributed by atoms with E-state index in [-0.39, 0.29) is 11.4 Å². The van der Waals surface area contributed by atoms with E-state index in [1.54, 1.807) is 0 Å². The number of rotatable bonds is 4. The Bertz CT molecular complexity index is 466. The molecule has 0 aliphatic heterocycles. The van der Waals surface area contributed by atoms with E-state index in [9.17, 15) is 18.0 Å². The minimum absolute atomic E-state index is 0.213. The Labute approximate surface area is 112 Å². The van der Waals surface area contributed by atoms with Crippen LogP contribution in [0.1, 0.15) is 6.92 Å². The zero-order chi connectivity index (χ0) is 14.6. The maximum atomic E-state index is 12.1. The third-order valence-electron chi connectivity index (χ3n) is 2.21. The van der Waals surface area contributed by atoms with Gasteiger partial charge in [0, 0.05) is 5.02 Å². The predicted molar refractivity (Wildman–Crippen MR) is 66.0 cm³/mol. The van der Waals surface area contributed by atoms with E-state index in [4.69, 9.17) is 17.3 Å². The summed E-state index contributed by atoms with van der Waals surface area (Å²) in [6.45, 7) is 0.104. The van der Waals surface area contributed by atoms with Crippen LogP contribution in [0.3, 0.4) is 0 Å². The summed E-state index contributed by atoms with van der Waals surface area (Å²) >= 11 is 5.66. The Morgan fingerprint density at radius 2 is 2.16 bits per heavy atom. The van der Waals surface area contributed by atoms with Gasteiger partial charge >= 0.3 is 6.18 Å². The maximum absolute atomic E-state index is 12.1. The standard InChI is InChI=1S/C11H12ClF3N2O2/c1-6(11(13,14)15)19-5-10(18)17-9-3-2-7(12)4-8(9)16/h2-4,6H,5,16H2,1H3,(H,17,18).